The molecule has 0 aliphatic carbocycles. The third kappa shape index (κ3) is 2.86. The molecule has 0 spiro atoms. The van der Waals surface area contributed by atoms with Crippen LogP contribution in [0.3, 0.4) is 0 Å². The Morgan fingerprint density at radius 2 is 1.48 bits per heavy atom. The number of nitrogens with zero attached hydrogens (tertiary/aromatic N) is 3. The molecule has 0 bridgehead atoms. The lowest BCUT2D eigenvalue weighted by atomic mass is 10.2. The number of benzene rings is 1. The van der Waals surface area contributed by atoms with Gasteiger partial charge in [0.1, 0.15) is 16.5 Å². The van der Waals surface area contributed by atoms with Crippen molar-refractivity contribution in [2.24, 2.45) is 8.73 Å². The lowest BCUT2D eigenvalue weighted by Crippen LogP contribution is -1.96. The first kappa shape index (κ1) is 15.3. The number of hydrogen-bond donors (Lipinski definition) is 1. The summed E-state index contributed by atoms with van der Waals surface area (Å²) in [6, 6.07) is 3.06. The van der Waals surface area contributed by atoms with Crippen molar-refractivity contribution in [3.8, 4) is 0 Å². The SMILES string of the molecule is Clc1cc(Cl)c(Nc2c(Cl)cc(Cl)c3c2N=S=N3)nc1Cl. The van der Waals surface area contributed by atoms with E-state index in [1.165, 1.54) is 6.07 Å². The third-order valence-electron chi connectivity index (χ3n) is 2.57. The summed E-state index contributed by atoms with van der Waals surface area (Å²) in [4.78, 5) is 4.08. The Balaban J connectivity index is 2.10. The number of pyridine rings is 1. The molecule has 0 radical (unpaired) electrons. The fourth-order valence-corrected chi connectivity index (χ4v) is 3.35. The van der Waals surface area contributed by atoms with Crippen LogP contribution >= 0.6 is 58.0 Å². The number of halogens is 5. The lowest BCUT2D eigenvalue weighted by molar-refractivity contribution is 1.30. The molecule has 0 saturated heterocycles. The van der Waals surface area contributed by atoms with Crippen LogP contribution in [-0.2, 0) is 11.4 Å². The molecule has 10 heteroatoms. The highest BCUT2D eigenvalue weighted by Crippen LogP contribution is 2.48. The van der Waals surface area contributed by atoms with Gasteiger partial charge in [0.15, 0.2) is 5.82 Å². The highest BCUT2D eigenvalue weighted by atomic mass is 35.5. The first-order valence-corrected chi connectivity index (χ1v) is 7.98. The van der Waals surface area contributed by atoms with Crippen molar-refractivity contribution < 1.29 is 0 Å². The molecule has 0 fully saturated rings. The summed E-state index contributed by atoms with van der Waals surface area (Å²) in [5, 5.41) is 4.46. The highest BCUT2D eigenvalue weighted by molar-refractivity contribution is 7.58. The Morgan fingerprint density at radius 1 is 0.810 bits per heavy atom. The Labute approximate surface area is 148 Å². The summed E-state index contributed by atoms with van der Waals surface area (Å²) in [7, 11) is 0. The Bertz CT molecular complexity index is 832. The number of fused-ring (bicyclic) bond motifs is 1. The standard InChI is InChI=1S/C11H3Cl5N4S/c12-3-1-4(13)8-9(20-21-19-8)7(3)17-11-6(15)2-5(14)10(16)18-11/h1-2H,(H,17,18). The van der Waals surface area contributed by atoms with Crippen molar-refractivity contribution in [1.82, 2.24) is 4.98 Å². The van der Waals surface area contributed by atoms with E-state index in [4.69, 9.17) is 58.0 Å². The average molecular weight is 401 g/mol. The van der Waals surface area contributed by atoms with Crippen LogP contribution in [0, 0.1) is 0 Å². The monoisotopic (exact) mass is 398 g/mol. The van der Waals surface area contributed by atoms with Gasteiger partial charge >= 0.3 is 0 Å². The Kier molecular flexibility index (Phi) is 4.32. The van der Waals surface area contributed by atoms with Gasteiger partial charge in [0.05, 0.1) is 37.1 Å². The van der Waals surface area contributed by atoms with Crippen molar-refractivity contribution in [1.29, 1.82) is 0 Å². The number of rotatable bonds is 2. The van der Waals surface area contributed by atoms with Crippen molar-refractivity contribution >= 4 is 92.2 Å². The first-order valence-electron chi connectivity index (χ1n) is 5.36. The Hall–Kier alpha value is -0.560. The smallest absolute Gasteiger partial charge is 0.151 e. The van der Waals surface area contributed by atoms with Crippen molar-refractivity contribution in [2.45, 2.75) is 0 Å². The molecule has 108 valence electrons. The van der Waals surface area contributed by atoms with Crippen molar-refractivity contribution in [2.75, 3.05) is 5.32 Å². The van der Waals surface area contributed by atoms with E-state index in [9.17, 15) is 0 Å². The van der Waals surface area contributed by atoms with E-state index in [2.05, 4.69) is 19.0 Å². The van der Waals surface area contributed by atoms with Gasteiger partial charge < -0.3 is 5.32 Å². The van der Waals surface area contributed by atoms with Crippen LogP contribution in [0.25, 0.3) is 0 Å². The van der Waals surface area contributed by atoms with E-state index in [1.54, 1.807) is 6.07 Å². The van der Waals surface area contributed by atoms with E-state index >= 15 is 0 Å². The van der Waals surface area contributed by atoms with Gasteiger partial charge in [-0.15, -0.1) is 0 Å². The number of hydrogen-bond acceptors (Lipinski definition) is 4. The molecule has 4 nitrogen and oxygen atoms in total. The van der Waals surface area contributed by atoms with E-state index in [-0.39, 0.29) is 10.2 Å². The van der Waals surface area contributed by atoms with Gasteiger partial charge in [0, 0.05) is 0 Å². The minimum atomic E-state index is 0.126. The fourth-order valence-electron chi connectivity index (χ4n) is 1.64. The quantitative estimate of drug-likeness (QED) is 0.480. The van der Waals surface area contributed by atoms with E-state index in [0.717, 1.165) is 11.4 Å². The van der Waals surface area contributed by atoms with Crippen LogP contribution in [0.5, 0.6) is 0 Å². The minimum Gasteiger partial charge on any atom is -0.336 e. The molecule has 1 aromatic carbocycles. The van der Waals surface area contributed by atoms with Crippen LogP contribution < -0.4 is 5.32 Å². The maximum Gasteiger partial charge on any atom is 0.151 e. The summed E-state index contributed by atoms with van der Waals surface area (Å²) in [5.74, 6) is 0.310. The molecule has 0 saturated carbocycles. The van der Waals surface area contributed by atoms with Crippen LogP contribution in [0.1, 0.15) is 0 Å². The summed E-state index contributed by atoms with van der Waals surface area (Å²) in [6.45, 7) is 0. The molecular weight excluding hydrogens is 397 g/mol. The van der Waals surface area contributed by atoms with Gasteiger partial charge in [-0.25, -0.2) is 4.98 Å². The maximum absolute atomic E-state index is 6.20. The average Bonchev–Trinajstić information content (AvgIpc) is 2.90. The second-order valence-corrected chi connectivity index (χ2v) is 6.41. The first-order chi connectivity index (χ1) is 9.97. The normalized spacial score (nSPS) is 12.2. The molecule has 0 atom stereocenters. The van der Waals surface area contributed by atoms with Crippen LogP contribution in [0.2, 0.25) is 25.2 Å². The summed E-state index contributed by atoms with van der Waals surface area (Å²) in [6.07, 6.45) is 0. The van der Waals surface area contributed by atoms with Gasteiger partial charge in [-0.2, -0.15) is 8.73 Å². The van der Waals surface area contributed by atoms with Crippen LogP contribution in [-0.4, -0.2) is 4.98 Å². The van der Waals surface area contributed by atoms with Crippen LogP contribution in [0.15, 0.2) is 20.9 Å². The number of nitrogens with one attached hydrogen (secondary N) is 1. The zero-order valence-electron chi connectivity index (χ0n) is 9.79. The van der Waals surface area contributed by atoms with Crippen molar-refractivity contribution in [3.05, 3.63) is 37.4 Å². The molecule has 0 unspecified atom stereocenters. The van der Waals surface area contributed by atoms with Gasteiger partial charge in [0.25, 0.3) is 0 Å². The molecule has 3 rings (SSSR count). The summed E-state index contributed by atoms with van der Waals surface area (Å²) < 4.78 is 8.29. The second kappa shape index (κ2) is 5.91. The largest absolute Gasteiger partial charge is 0.336 e. The van der Waals surface area contributed by atoms with E-state index in [0.29, 0.717) is 37.9 Å². The topological polar surface area (TPSA) is 49.6 Å². The molecule has 1 aliphatic heterocycles. The van der Waals surface area contributed by atoms with Gasteiger partial charge in [0.2, 0.25) is 0 Å². The lowest BCUT2D eigenvalue weighted by Gasteiger charge is -2.13. The minimum absolute atomic E-state index is 0.126. The molecule has 1 N–H and O–H groups in total. The number of aromatic nitrogens is 1. The molecule has 21 heavy (non-hydrogen) atoms. The van der Waals surface area contributed by atoms with Gasteiger partial charge in [-0.3, -0.25) is 0 Å². The highest BCUT2D eigenvalue weighted by Gasteiger charge is 2.20. The van der Waals surface area contributed by atoms with E-state index < -0.39 is 0 Å². The predicted octanol–water partition coefficient (Wildman–Crippen LogP) is 6.82. The fraction of sp³-hybridized carbons (Fsp3) is 0. The van der Waals surface area contributed by atoms with Gasteiger partial charge in [-0.05, 0) is 12.1 Å². The summed E-state index contributed by atoms with van der Waals surface area (Å²) >= 11 is 31.1. The van der Waals surface area contributed by atoms with E-state index in [1.807, 2.05) is 0 Å². The zero-order valence-corrected chi connectivity index (χ0v) is 14.4. The second-order valence-electron chi connectivity index (χ2n) is 3.89. The third-order valence-corrected chi connectivity index (χ3v) is 4.65. The molecule has 0 amide bonds. The Morgan fingerprint density at radius 3 is 2.24 bits per heavy atom. The zero-order chi connectivity index (χ0) is 15.1. The summed E-state index contributed by atoms with van der Waals surface area (Å²) in [5.41, 5.74) is 1.57. The molecule has 2 aromatic rings. The van der Waals surface area contributed by atoms with Gasteiger partial charge in [-0.1, -0.05) is 58.0 Å². The maximum atomic E-state index is 6.20. The predicted molar refractivity (Wildman–Crippen MR) is 90.6 cm³/mol. The molecular formula is C11H3Cl5N4S. The van der Waals surface area contributed by atoms with Crippen molar-refractivity contribution in [3.63, 3.8) is 0 Å². The molecule has 1 aliphatic rings. The van der Waals surface area contributed by atoms with Crippen LogP contribution in [0.4, 0.5) is 22.9 Å². The molecule has 2 heterocycles. The molecule has 1 aromatic heterocycles. The number of anilines is 2.